The maximum atomic E-state index is 5.96. The summed E-state index contributed by atoms with van der Waals surface area (Å²) in [7, 11) is 0. The van der Waals surface area contributed by atoms with E-state index >= 15 is 0 Å². The molecule has 0 spiro atoms. The van der Waals surface area contributed by atoms with Gasteiger partial charge in [-0.3, -0.25) is 4.99 Å². The molecule has 0 aliphatic rings. The highest BCUT2D eigenvalue weighted by Crippen LogP contribution is 2.21. The summed E-state index contributed by atoms with van der Waals surface area (Å²) in [5.74, 6) is 2.73. The van der Waals surface area contributed by atoms with E-state index in [0.29, 0.717) is 12.5 Å². The van der Waals surface area contributed by atoms with Crippen molar-refractivity contribution in [3.05, 3.63) is 83.6 Å². The highest BCUT2D eigenvalue weighted by atomic mass is 16.5. The maximum Gasteiger partial charge on any atom is 0.194 e. The van der Waals surface area contributed by atoms with Crippen LogP contribution in [0.4, 0.5) is 5.82 Å². The third-order valence-corrected chi connectivity index (χ3v) is 3.94. The fourth-order valence-corrected chi connectivity index (χ4v) is 2.73. The fourth-order valence-electron chi connectivity index (χ4n) is 2.73. The first-order valence-electron chi connectivity index (χ1n) is 8.92. The molecule has 1 heterocycles. The molecular formula is C22H24N4O. The number of nitrogens with one attached hydrogen (secondary N) is 1. The Bertz CT molecular complexity index is 885. The molecule has 5 heteroatoms. The van der Waals surface area contributed by atoms with Crippen molar-refractivity contribution in [1.82, 2.24) is 4.98 Å². The number of hydrogen-bond acceptors (Lipinski definition) is 3. The van der Waals surface area contributed by atoms with E-state index in [1.165, 1.54) is 5.56 Å². The molecule has 0 unspecified atom stereocenters. The molecule has 0 saturated carbocycles. The Morgan fingerprint density at radius 1 is 1.00 bits per heavy atom. The molecule has 3 aromatic rings. The van der Waals surface area contributed by atoms with Gasteiger partial charge in [0.05, 0.1) is 0 Å². The number of pyridine rings is 1. The molecule has 0 bridgehead atoms. The number of rotatable bonds is 6. The number of guanidine groups is 1. The quantitative estimate of drug-likeness (QED) is 0.503. The average Bonchev–Trinajstić information content (AvgIpc) is 2.63. The summed E-state index contributed by atoms with van der Waals surface area (Å²) in [5, 5.41) is 3.04. The zero-order valence-corrected chi connectivity index (χ0v) is 15.6. The van der Waals surface area contributed by atoms with Crippen molar-refractivity contribution in [1.29, 1.82) is 0 Å². The van der Waals surface area contributed by atoms with Crippen LogP contribution in [0.15, 0.2) is 71.7 Å². The van der Waals surface area contributed by atoms with Crippen molar-refractivity contribution >= 4 is 11.8 Å². The van der Waals surface area contributed by atoms with Crippen molar-refractivity contribution in [2.45, 2.75) is 20.3 Å². The normalized spacial score (nSPS) is 11.3. The molecule has 5 nitrogen and oxygen atoms in total. The molecule has 3 N–H and O–H groups in total. The summed E-state index contributed by atoms with van der Waals surface area (Å²) in [5.41, 5.74) is 9.22. The maximum absolute atomic E-state index is 5.96. The summed E-state index contributed by atoms with van der Waals surface area (Å²) in [4.78, 5) is 8.77. The van der Waals surface area contributed by atoms with E-state index < -0.39 is 0 Å². The molecule has 0 saturated heterocycles. The van der Waals surface area contributed by atoms with Crippen molar-refractivity contribution < 1.29 is 4.74 Å². The zero-order valence-electron chi connectivity index (χ0n) is 15.6. The summed E-state index contributed by atoms with van der Waals surface area (Å²) in [6.45, 7) is 4.58. The van der Waals surface area contributed by atoms with E-state index in [4.69, 9.17) is 10.5 Å². The SMILES string of the molecule is Cc1cc(C)nc(NC(N)=NCCc2ccc(Oc3ccccc3)cc2)c1. The predicted molar refractivity (Wildman–Crippen MR) is 110 cm³/mol. The minimum atomic E-state index is 0.372. The summed E-state index contributed by atoms with van der Waals surface area (Å²) in [6.07, 6.45) is 0.800. The molecule has 1 aromatic heterocycles. The Balaban J connectivity index is 1.51. The van der Waals surface area contributed by atoms with Crippen LogP contribution in [0.5, 0.6) is 11.5 Å². The molecule has 0 radical (unpaired) electrons. The van der Waals surface area contributed by atoms with Gasteiger partial charge in [0.2, 0.25) is 0 Å². The lowest BCUT2D eigenvalue weighted by Gasteiger charge is -2.08. The second-order valence-electron chi connectivity index (χ2n) is 6.37. The molecule has 3 rings (SSSR count). The third kappa shape index (κ3) is 5.85. The van der Waals surface area contributed by atoms with E-state index in [9.17, 15) is 0 Å². The van der Waals surface area contributed by atoms with E-state index in [2.05, 4.69) is 15.3 Å². The van der Waals surface area contributed by atoms with Crippen molar-refractivity contribution in [3.63, 3.8) is 0 Å². The number of aromatic nitrogens is 1. The number of para-hydroxylation sites is 1. The van der Waals surface area contributed by atoms with Crippen LogP contribution in [-0.4, -0.2) is 17.5 Å². The first kappa shape index (κ1) is 18.5. The van der Waals surface area contributed by atoms with Crippen LogP contribution < -0.4 is 15.8 Å². The number of aliphatic imine (C=N–C) groups is 1. The van der Waals surface area contributed by atoms with Gasteiger partial charge in [-0.2, -0.15) is 0 Å². The first-order chi connectivity index (χ1) is 13.1. The monoisotopic (exact) mass is 360 g/mol. The number of aryl methyl sites for hydroxylation is 2. The van der Waals surface area contributed by atoms with Gasteiger partial charge in [0.25, 0.3) is 0 Å². The van der Waals surface area contributed by atoms with Gasteiger partial charge >= 0.3 is 0 Å². The number of anilines is 1. The van der Waals surface area contributed by atoms with Gasteiger partial charge in [0.15, 0.2) is 5.96 Å². The van der Waals surface area contributed by atoms with Crippen LogP contribution in [0.2, 0.25) is 0 Å². The third-order valence-electron chi connectivity index (χ3n) is 3.94. The number of ether oxygens (including phenoxy) is 1. The lowest BCUT2D eigenvalue weighted by Crippen LogP contribution is -2.23. The smallest absolute Gasteiger partial charge is 0.194 e. The van der Waals surface area contributed by atoms with Crippen LogP contribution in [-0.2, 0) is 6.42 Å². The van der Waals surface area contributed by atoms with Gasteiger partial charge in [-0.05, 0) is 67.8 Å². The van der Waals surface area contributed by atoms with Crippen LogP contribution in [0.1, 0.15) is 16.8 Å². The van der Waals surface area contributed by atoms with Gasteiger partial charge in [-0.15, -0.1) is 0 Å². The summed E-state index contributed by atoms with van der Waals surface area (Å²) >= 11 is 0. The second kappa shape index (κ2) is 8.85. The first-order valence-corrected chi connectivity index (χ1v) is 8.92. The molecule has 27 heavy (non-hydrogen) atoms. The van der Waals surface area contributed by atoms with Gasteiger partial charge in [-0.1, -0.05) is 30.3 Å². The molecule has 0 fully saturated rings. The molecular weight excluding hydrogens is 336 g/mol. The number of nitrogens with zero attached hydrogens (tertiary/aromatic N) is 2. The highest BCUT2D eigenvalue weighted by molar-refractivity contribution is 5.91. The van der Waals surface area contributed by atoms with Gasteiger partial charge in [0, 0.05) is 12.2 Å². The van der Waals surface area contributed by atoms with Crippen LogP contribution in [0.3, 0.4) is 0 Å². The summed E-state index contributed by atoms with van der Waals surface area (Å²) < 4.78 is 5.80. The molecule has 0 aliphatic carbocycles. The molecule has 138 valence electrons. The van der Waals surface area contributed by atoms with Crippen molar-refractivity contribution in [2.24, 2.45) is 10.7 Å². The molecule has 0 atom stereocenters. The Kier molecular flexibility index (Phi) is 6.05. The largest absolute Gasteiger partial charge is 0.457 e. The Hall–Kier alpha value is -3.34. The Morgan fingerprint density at radius 2 is 1.70 bits per heavy atom. The van der Waals surface area contributed by atoms with E-state index in [1.807, 2.05) is 80.6 Å². The van der Waals surface area contributed by atoms with Gasteiger partial charge < -0.3 is 15.8 Å². The lowest BCUT2D eigenvalue weighted by atomic mass is 10.1. The Morgan fingerprint density at radius 3 is 2.41 bits per heavy atom. The minimum absolute atomic E-state index is 0.372. The predicted octanol–water partition coefficient (Wildman–Crippen LogP) is 4.46. The number of hydrogen-bond donors (Lipinski definition) is 2. The van der Waals surface area contributed by atoms with Crippen molar-refractivity contribution in [2.75, 3.05) is 11.9 Å². The van der Waals surface area contributed by atoms with Crippen LogP contribution >= 0.6 is 0 Å². The van der Waals surface area contributed by atoms with Gasteiger partial charge in [0.1, 0.15) is 17.3 Å². The number of nitrogens with two attached hydrogens (primary N) is 1. The van der Waals surface area contributed by atoms with E-state index in [-0.39, 0.29) is 0 Å². The van der Waals surface area contributed by atoms with Crippen molar-refractivity contribution in [3.8, 4) is 11.5 Å². The van der Waals surface area contributed by atoms with E-state index in [0.717, 1.165) is 35.0 Å². The topological polar surface area (TPSA) is 72.5 Å². The minimum Gasteiger partial charge on any atom is -0.457 e. The lowest BCUT2D eigenvalue weighted by molar-refractivity contribution is 0.482. The molecule has 0 amide bonds. The number of benzene rings is 2. The molecule has 2 aromatic carbocycles. The zero-order chi connectivity index (χ0) is 19.1. The average molecular weight is 360 g/mol. The van der Waals surface area contributed by atoms with Gasteiger partial charge in [-0.25, -0.2) is 4.98 Å². The fraction of sp³-hybridized carbons (Fsp3) is 0.182. The van der Waals surface area contributed by atoms with Crippen LogP contribution in [0.25, 0.3) is 0 Å². The second-order valence-corrected chi connectivity index (χ2v) is 6.37. The standard InChI is InChI=1S/C22H24N4O/c1-16-14-17(2)25-21(15-16)26-22(23)24-13-12-18-8-10-20(11-9-18)27-19-6-4-3-5-7-19/h3-11,14-15H,12-13H2,1-2H3,(H3,23,24,25,26). The molecule has 0 aliphatic heterocycles. The summed E-state index contributed by atoms with van der Waals surface area (Å²) in [6, 6.07) is 21.7. The Labute approximate surface area is 159 Å². The van der Waals surface area contributed by atoms with E-state index in [1.54, 1.807) is 0 Å². The van der Waals surface area contributed by atoms with Crippen LogP contribution in [0, 0.1) is 13.8 Å². The highest BCUT2D eigenvalue weighted by Gasteiger charge is 2.00.